The highest BCUT2D eigenvalue weighted by atomic mass is 14.5. The first-order chi connectivity index (χ1) is 22.4. The van der Waals surface area contributed by atoms with Crippen LogP contribution in [0.4, 0.5) is 0 Å². The van der Waals surface area contributed by atoms with Crippen molar-refractivity contribution in [1.29, 1.82) is 15.9 Å². The molecular formula is C42H30N4. The number of nitrogens with one attached hydrogen (secondary N) is 1. The molecule has 6 aromatic carbocycles. The molecule has 0 radical (unpaired) electrons. The van der Waals surface area contributed by atoms with Crippen molar-refractivity contribution in [1.82, 2.24) is 0 Å². The molecule has 0 heterocycles. The van der Waals surface area contributed by atoms with Gasteiger partial charge in [0.2, 0.25) is 0 Å². The van der Waals surface area contributed by atoms with Crippen LogP contribution in [-0.2, 0) is 0 Å². The van der Waals surface area contributed by atoms with Gasteiger partial charge in [0.25, 0.3) is 0 Å². The number of hydrogen-bond acceptors (Lipinski definition) is 4. The van der Waals surface area contributed by atoms with Crippen LogP contribution in [-0.4, -0.2) is 6.21 Å². The highest BCUT2D eigenvalue weighted by molar-refractivity contribution is 6.26. The maximum absolute atomic E-state index is 9.30. The zero-order chi connectivity index (χ0) is 32.2. The van der Waals surface area contributed by atoms with Gasteiger partial charge in [-0.1, -0.05) is 91.5 Å². The van der Waals surface area contributed by atoms with Gasteiger partial charge >= 0.3 is 0 Å². The number of benzene rings is 6. The molecule has 3 N–H and O–H groups in total. The summed E-state index contributed by atoms with van der Waals surface area (Å²) in [6, 6.07) is 42.4. The Labute approximate surface area is 268 Å². The van der Waals surface area contributed by atoms with E-state index in [0.717, 1.165) is 45.2 Å². The Bertz CT molecular complexity index is 2370. The van der Waals surface area contributed by atoms with Crippen molar-refractivity contribution in [2.45, 2.75) is 6.92 Å². The monoisotopic (exact) mass is 590 g/mol. The Hall–Kier alpha value is -6.49. The second-order valence-electron chi connectivity index (χ2n) is 11.2. The summed E-state index contributed by atoms with van der Waals surface area (Å²) < 4.78 is 0. The predicted molar refractivity (Wildman–Crippen MR) is 193 cm³/mol. The fourth-order valence-electron chi connectivity index (χ4n) is 5.97. The van der Waals surface area contributed by atoms with E-state index in [4.69, 9.17) is 11.1 Å². The number of nitrogens with two attached hydrogens (primary N) is 1. The van der Waals surface area contributed by atoms with E-state index in [1.807, 2.05) is 37.3 Å². The van der Waals surface area contributed by atoms with Gasteiger partial charge in [-0.15, -0.1) is 0 Å². The third kappa shape index (κ3) is 5.60. The third-order valence-electron chi connectivity index (χ3n) is 8.35. The maximum Gasteiger partial charge on any atom is 0.101 e. The van der Waals surface area contributed by atoms with E-state index in [0.29, 0.717) is 11.1 Å². The number of nitriles is 2. The number of nitrogens with zero attached hydrogens (tertiary/aromatic N) is 2. The summed E-state index contributed by atoms with van der Waals surface area (Å²) in [5.41, 5.74) is 14.2. The molecule has 0 aliphatic heterocycles. The minimum absolute atomic E-state index is 0.261. The minimum atomic E-state index is 0.261. The zero-order valence-corrected chi connectivity index (χ0v) is 25.4. The average molecular weight is 591 g/mol. The Morgan fingerprint density at radius 2 is 1.11 bits per heavy atom. The molecule has 0 spiro atoms. The number of rotatable bonds is 7. The van der Waals surface area contributed by atoms with Crippen LogP contribution in [0.2, 0.25) is 0 Å². The molecule has 0 unspecified atom stereocenters. The van der Waals surface area contributed by atoms with Gasteiger partial charge < -0.3 is 11.1 Å². The van der Waals surface area contributed by atoms with Crippen molar-refractivity contribution in [3.63, 3.8) is 0 Å². The van der Waals surface area contributed by atoms with Gasteiger partial charge in [-0.2, -0.15) is 10.5 Å². The molecule has 0 aromatic heterocycles. The smallest absolute Gasteiger partial charge is 0.101 e. The molecule has 4 heteroatoms. The lowest BCUT2D eigenvalue weighted by Crippen LogP contribution is -1.89. The summed E-state index contributed by atoms with van der Waals surface area (Å²) in [6.45, 7) is 6.12. The van der Waals surface area contributed by atoms with Gasteiger partial charge in [0.15, 0.2) is 0 Å². The molecule has 0 fully saturated rings. The third-order valence-corrected chi connectivity index (χ3v) is 8.35. The van der Waals surface area contributed by atoms with Crippen LogP contribution >= 0.6 is 0 Å². The minimum Gasteiger partial charge on any atom is -0.404 e. The van der Waals surface area contributed by atoms with Gasteiger partial charge in [0.05, 0.1) is 11.1 Å². The van der Waals surface area contributed by atoms with Gasteiger partial charge in [0, 0.05) is 12.4 Å². The Morgan fingerprint density at radius 1 is 0.609 bits per heavy atom. The normalized spacial score (nSPS) is 12.2. The topological polar surface area (TPSA) is 97.5 Å². The average Bonchev–Trinajstić information content (AvgIpc) is 3.12. The molecule has 0 aliphatic carbocycles. The van der Waals surface area contributed by atoms with Gasteiger partial charge in [0.1, 0.15) is 12.1 Å². The standard InChI is InChI=1S/C42H30N4/c1-27(17-29(23-43)24-44)31-7-5-9-33(19-31)35-13-15-39-40-16-14-36(22-42(40)38-12-4-3-11-37(38)41(39)21-35)34-10-6-8-32(20-34)28(2)18-30(25-45)26-46/h3-23,25,43H,1,45H2,2H3/b28-18+,29-17+,30-25+,43-23?. The van der Waals surface area contributed by atoms with Crippen molar-refractivity contribution < 1.29 is 0 Å². The molecule has 0 bridgehead atoms. The van der Waals surface area contributed by atoms with Crippen LogP contribution in [0.15, 0.2) is 145 Å². The van der Waals surface area contributed by atoms with Crippen LogP contribution in [0.25, 0.3) is 65.7 Å². The van der Waals surface area contributed by atoms with E-state index < -0.39 is 0 Å². The molecule has 46 heavy (non-hydrogen) atoms. The Morgan fingerprint density at radius 3 is 1.63 bits per heavy atom. The first-order valence-corrected chi connectivity index (χ1v) is 14.9. The van der Waals surface area contributed by atoms with Crippen LogP contribution in [0.1, 0.15) is 18.1 Å². The SMILES string of the molecule is C=C(/C=C(/C#N)C=N)c1cccc(-c2ccc3c4ccc(-c5cccc(/C(C)=C/C(C#N)=C\N)c5)cc4c4ccccc4c3c2)c1. The van der Waals surface area contributed by atoms with Crippen LogP contribution in [0.3, 0.4) is 0 Å². The van der Waals surface area contributed by atoms with Gasteiger partial charge in [-0.05, 0) is 120 Å². The first-order valence-electron chi connectivity index (χ1n) is 14.9. The molecule has 0 amide bonds. The highest BCUT2D eigenvalue weighted by Gasteiger charge is 2.12. The van der Waals surface area contributed by atoms with Crippen molar-refractivity contribution in [3.8, 4) is 34.4 Å². The van der Waals surface area contributed by atoms with E-state index in [1.165, 1.54) is 38.5 Å². The van der Waals surface area contributed by atoms with Crippen LogP contribution in [0.5, 0.6) is 0 Å². The van der Waals surface area contributed by atoms with Crippen molar-refractivity contribution in [2.75, 3.05) is 0 Å². The summed E-state index contributed by atoms with van der Waals surface area (Å²) in [6.07, 6.45) is 5.81. The largest absolute Gasteiger partial charge is 0.404 e. The summed E-state index contributed by atoms with van der Waals surface area (Å²) >= 11 is 0. The lowest BCUT2D eigenvalue weighted by molar-refractivity contribution is 1.45. The fourth-order valence-corrected chi connectivity index (χ4v) is 5.97. The lowest BCUT2D eigenvalue weighted by Gasteiger charge is -2.14. The molecule has 4 nitrogen and oxygen atoms in total. The second-order valence-corrected chi connectivity index (χ2v) is 11.2. The van der Waals surface area contributed by atoms with E-state index in [1.54, 1.807) is 12.2 Å². The number of fused-ring (bicyclic) bond motifs is 6. The van der Waals surface area contributed by atoms with E-state index in [9.17, 15) is 10.5 Å². The Kier molecular flexibility index (Phi) is 8.12. The highest BCUT2D eigenvalue weighted by Crippen LogP contribution is 2.39. The van der Waals surface area contributed by atoms with Gasteiger partial charge in [-0.3, -0.25) is 0 Å². The molecule has 6 rings (SSSR count). The fraction of sp³-hybridized carbons (Fsp3) is 0.0238. The van der Waals surface area contributed by atoms with Crippen LogP contribution in [0, 0.1) is 28.1 Å². The quantitative estimate of drug-likeness (QED) is 0.0837. The summed E-state index contributed by atoms with van der Waals surface area (Å²) in [4.78, 5) is 0. The predicted octanol–water partition coefficient (Wildman–Crippen LogP) is 10.4. The Balaban J connectivity index is 1.47. The summed E-state index contributed by atoms with van der Waals surface area (Å²) in [5, 5.41) is 33.1. The zero-order valence-electron chi connectivity index (χ0n) is 25.4. The van der Waals surface area contributed by atoms with Gasteiger partial charge in [-0.25, -0.2) is 0 Å². The van der Waals surface area contributed by atoms with Crippen LogP contribution < -0.4 is 5.73 Å². The van der Waals surface area contributed by atoms with E-state index in [-0.39, 0.29) is 5.57 Å². The summed E-state index contributed by atoms with van der Waals surface area (Å²) in [5.74, 6) is 0. The molecular weight excluding hydrogens is 560 g/mol. The molecule has 6 aromatic rings. The molecule has 0 saturated carbocycles. The van der Waals surface area contributed by atoms with Crippen molar-refractivity contribution in [2.24, 2.45) is 5.73 Å². The maximum atomic E-state index is 9.30. The molecule has 218 valence electrons. The van der Waals surface area contributed by atoms with Crippen molar-refractivity contribution >= 4 is 49.7 Å². The molecule has 0 aliphatic rings. The second kappa shape index (κ2) is 12.6. The number of hydrogen-bond donors (Lipinski definition) is 2. The number of allylic oxidation sites excluding steroid dienone is 6. The van der Waals surface area contributed by atoms with E-state index >= 15 is 0 Å². The first kappa shape index (κ1) is 29.6. The summed E-state index contributed by atoms with van der Waals surface area (Å²) in [7, 11) is 0. The lowest BCUT2D eigenvalue weighted by atomic mass is 9.89. The van der Waals surface area contributed by atoms with Crippen molar-refractivity contribution in [3.05, 3.63) is 156 Å². The molecule has 0 saturated heterocycles. The molecule has 0 atom stereocenters. The van der Waals surface area contributed by atoms with E-state index in [2.05, 4.69) is 97.6 Å².